The Labute approximate surface area is 76.3 Å². The second kappa shape index (κ2) is 4.83. The quantitative estimate of drug-likeness (QED) is 0.687. The molecule has 72 valence electrons. The molecule has 1 saturated heterocycles. The Kier molecular flexibility index (Phi) is 4.02. The SMILES string of the molecule is CC(C)NCC[C@@H]1CCCN1C. The molecule has 1 aliphatic heterocycles. The first-order valence-corrected chi connectivity index (χ1v) is 5.14. The van der Waals surface area contributed by atoms with E-state index in [1.54, 1.807) is 0 Å². The number of hydrogen-bond acceptors (Lipinski definition) is 2. The van der Waals surface area contributed by atoms with Crippen molar-refractivity contribution in [2.75, 3.05) is 20.1 Å². The van der Waals surface area contributed by atoms with Gasteiger partial charge < -0.3 is 10.2 Å². The predicted molar refractivity (Wildman–Crippen MR) is 53.4 cm³/mol. The van der Waals surface area contributed by atoms with Crippen molar-refractivity contribution in [3.63, 3.8) is 0 Å². The second-order valence-corrected chi connectivity index (χ2v) is 4.17. The average Bonchev–Trinajstić information content (AvgIpc) is 2.36. The summed E-state index contributed by atoms with van der Waals surface area (Å²) in [6.45, 7) is 6.88. The lowest BCUT2D eigenvalue weighted by molar-refractivity contribution is 0.291. The van der Waals surface area contributed by atoms with Gasteiger partial charge in [-0.15, -0.1) is 0 Å². The van der Waals surface area contributed by atoms with Crippen LogP contribution in [0.1, 0.15) is 33.1 Å². The van der Waals surface area contributed by atoms with Crippen molar-refractivity contribution in [1.82, 2.24) is 10.2 Å². The highest BCUT2D eigenvalue weighted by atomic mass is 15.1. The first-order chi connectivity index (χ1) is 5.70. The van der Waals surface area contributed by atoms with E-state index >= 15 is 0 Å². The normalized spacial score (nSPS) is 25.5. The van der Waals surface area contributed by atoms with Crippen LogP contribution in [0.5, 0.6) is 0 Å². The molecule has 1 heterocycles. The molecule has 0 amide bonds. The van der Waals surface area contributed by atoms with E-state index in [1.165, 1.54) is 32.4 Å². The molecule has 2 nitrogen and oxygen atoms in total. The molecule has 2 heteroatoms. The van der Waals surface area contributed by atoms with E-state index in [0.29, 0.717) is 6.04 Å². The van der Waals surface area contributed by atoms with Crippen LogP contribution in [0.25, 0.3) is 0 Å². The summed E-state index contributed by atoms with van der Waals surface area (Å²) in [5.41, 5.74) is 0. The van der Waals surface area contributed by atoms with Crippen molar-refractivity contribution in [2.45, 2.75) is 45.2 Å². The molecule has 0 bridgehead atoms. The summed E-state index contributed by atoms with van der Waals surface area (Å²) in [5, 5.41) is 3.47. The number of likely N-dealkylation sites (tertiary alicyclic amines) is 1. The molecule has 12 heavy (non-hydrogen) atoms. The number of nitrogens with one attached hydrogen (secondary N) is 1. The number of hydrogen-bond donors (Lipinski definition) is 1. The van der Waals surface area contributed by atoms with Crippen LogP contribution in [0, 0.1) is 0 Å². The molecule has 0 saturated carbocycles. The van der Waals surface area contributed by atoms with Gasteiger partial charge in [0, 0.05) is 12.1 Å². The summed E-state index contributed by atoms with van der Waals surface area (Å²) in [6, 6.07) is 1.48. The molecule has 1 atom stereocenters. The summed E-state index contributed by atoms with van der Waals surface area (Å²) in [7, 11) is 2.24. The molecule has 1 aliphatic rings. The third-order valence-corrected chi connectivity index (χ3v) is 2.70. The minimum absolute atomic E-state index is 0.636. The first-order valence-electron chi connectivity index (χ1n) is 5.14. The Morgan fingerprint density at radius 2 is 2.25 bits per heavy atom. The lowest BCUT2D eigenvalue weighted by Gasteiger charge is -2.19. The van der Waals surface area contributed by atoms with E-state index in [-0.39, 0.29) is 0 Å². The van der Waals surface area contributed by atoms with Crippen molar-refractivity contribution in [3.8, 4) is 0 Å². The zero-order chi connectivity index (χ0) is 8.97. The lowest BCUT2D eigenvalue weighted by Crippen LogP contribution is -2.31. The molecule has 1 fully saturated rings. The monoisotopic (exact) mass is 170 g/mol. The number of nitrogens with zero attached hydrogens (tertiary/aromatic N) is 1. The highest BCUT2D eigenvalue weighted by Crippen LogP contribution is 2.16. The van der Waals surface area contributed by atoms with Crippen LogP contribution in [0.3, 0.4) is 0 Å². The van der Waals surface area contributed by atoms with Crippen LogP contribution in [0.2, 0.25) is 0 Å². The van der Waals surface area contributed by atoms with Gasteiger partial charge in [0.1, 0.15) is 0 Å². The van der Waals surface area contributed by atoms with Crippen LogP contribution >= 0.6 is 0 Å². The second-order valence-electron chi connectivity index (χ2n) is 4.17. The van der Waals surface area contributed by atoms with Crippen LogP contribution < -0.4 is 5.32 Å². The summed E-state index contributed by atoms with van der Waals surface area (Å²) in [5.74, 6) is 0. The Balaban J connectivity index is 2.06. The third-order valence-electron chi connectivity index (χ3n) is 2.70. The minimum Gasteiger partial charge on any atom is -0.314 e. The summed E-state index contributed by atoms with van der Waals surface area (Å²) in [6.07, 6.45) is 4.10. The van der Waals surface area contributed by atoms with Gasteiger partial charge >= 0.3 is 0 Å². The van der Waals surface area contributed by atoms with Crippen LogP contribution in [0.15, 0.2) is 0 Å². The van der Waals surface area contributed by atoms with Gasteiger partial charge in [-0.1, -0.05) is 13.8 Å². The van der Waals surface area contributed by atoms with Gasteiger partial charge in [-0.2, -0.15) is 0 Å². The summed E-state index contributed by atoms with van der Waals surface area (Å²) < 4.78 is 0. The van der Waals surface area contributed by atoms with Crippen LogP contribution in [-0.2, 0) is 0 Å². The molecule has 1 rings (SSSR count). The Bertz CT molecular complexity index is 123. The Morgan fingerprint density at radius 1 is 1.50 bits per heavy atom. The maximum atomic E-state index is 3.47. The Morgan fingerprint density at radius 3 is 2.75 bits per heavy atom. The van der Waals surface area contributed by atoms with Crippen LogP contribution in [0.4, 0.5) is 0 Å². The van der Waals surface area contributed by atoms with Crippen molar-refractivity contribution in [1.29, 1.82) is 0 Å². The van der Waals surface area contributed by atoms with Gasteiger partial charge in [-0.3, -0.25) is 0 Å². The van der Waals surface area contributed by atoms with E-state index < -0.39 is 0 Å². The number of rotatable bonds is 4. The van der Waals surface area contributed by atoms with E-state index in [4.69, 9.17) is 0 Å². The van der Waals surface area contributed by atoms with Crippen LogP contribution in [-0.4, -0.2) is 37.1 Å². The zero-order valence-corrected chi connectivity index (χ0v) is 8.64. The highest BCUT2D eigenvalue weighted by molar-refractivity contribution is 4.76. The molecular weight excluding hydrogens is 148 g/mol. The zero-order valence-electron chi connectivity index (χ0n) is 8.64. The molecule has 0 aromatic heterocycles. The van der Waals surface area contributed by atoms with Gasteiger partial charge in [0.2, 0.25) is 0 Å². The van der Waals surface area contributed by atoms with Gasteiger partial charge in [0.05, 0.1) is 0 Å². The molecule has 0 spiro atoms. The molecular formula is C10H22N2. The summed E-state index contributed by atoms with van der Waals surface area (Å²) >= 11 is 0. The maximum absolute atomic E-state index is 3.47. The van der Waals surface area contributed by atoms with Gasteiger partial charge in [-0.25, -0.2) is 0 Å². The molecule has 0 aromatic carbocycles. The largest absolute Gasteiger partial charge is 0.314 e. The fourth-order valence-electron chi connectivity index (χ4n) is 1.88. The average molecular weight is 170 g/mol. The van der Waals surface area contributed by atoms with Crippen molar-refractivity contribution >= 4 is 0 Å². The third kappa shape index (κ3) is 3.11. The van der Waals surface area contributed by atoms with Crippen molar-refractivity contribution < 1.29 is 0 Å². The Hall–Kier alpha value is -0.0800. The fraction of sp³-hybridized carbons (Fsp3) is 1.00. The van der Waals surface area contributed by atoms with E-state index in [1.807, 2.05) is 0 Å². The van der Waals surface area contributed by atoms with E-state index in [9.17, 15) is 0 Å². The van der Waals surface area contributed by atoms with Gasteiger partial charge in [-0.05, 0) is 39.4 Å². The van der Waals surface area contributed by atoms with Crippen molar-refractivity contribution in [3.05, 3.63) is 0 Å². The van der Waals surface area contributed by atoms with Gasteiger partial charge in [0.15, 0.2) is 0 Å². The topological polar surface area (TPSA) is 15.3 Å². The lowest BCUT2D eigenvalue weighted by atomic mass is 10.1. The molecule has 0 aliphatic carbocycles. The van der Waals surface area contributed by atoms with Crippen molar-refractivity contribution in [2.24, 2.45) is 0 Å². The molecule has 0 unspecified atom stereocenters. The van der Waals surface area contributed by atoms with E-state index in [2.05, 4.69) is 31.1 Å². The molecule has 0 aromatic rings. The maximum Gasteiger partial charge on any atom is 0.0105 e. The summed E-state index contributed by atoms with van der Waals surface area (Å²) in [4.78, 5) is 2.49. The van der Waals surface area contributed by atoms with Gasteiger partial charge in [0.25, 0.3) is 0 Å². The smallest absolute Gasteiger partial charge is 0.0105 e. The van der Waals surface area contributed by atoms with E-state index in [0.717, 1.165) is 6.04 Å². The highest BCUT2D eigenvalue weighted by Gasteiger charge is 2.19. The minimum atomic E-state index is 0.636. The first kappa shape index (κ1) is 10.0. The predicted octanol–water partition coefficient (Wildman–Crippen LogP) is 1.47. The standard InChI is InChI=1S/C10H22N2/c1-9(2)11-7-6-10-5-4-8-12(10)3/h9-11H,4-8H2,1-3H3/t10-/m0/s1. The fourth-order valence-corrected chi connectivity index (χ4v) is 1.88. The molecule has 0 radical (unpaired) electrons. The molecule has 1 N–H and O–H groups in total.